The molecule has 3 rings (SSSR count). The molecule has 2 aromatic carbocycles. The summed E-state index contributed by atoms with van der Waals surface area (Å²) in [5, 5.41) is 15.0. The highest BCUT2D eigenvalue weighted by molar-refractivity contribution is 7.89. The van der Waals surface area contributed by atoms with Gasteiger partial charge in [-0.3, -0.25) is 10.0 Å². The third-order valence-electron chi connectivity index (χ3n) is 5.04. The van der Waals surface area contributed by atoms with E-state index in [1.54, 1.807) is 12.1 Å². The molecule has 0 spiro atoms. The normalized spacial score (nSPS) is 14.7. The number of hydrogen-bond donors (Lipinski definition) is 4. The third kappa shape index (κ3) is 5.28. The van der Waals surface area contributed by atoms with Gasteiger partial charge < -0.3 is 10.6 Å². The van der Waals surface area contributed by atoms with Crippen LogP contribution in [0, 0.1) is 5.82 Å². The van der Waals surface area contributed by atoms with Gasteiger partial charge in [0.1, 0.15) is 5.82 Å². The average Bonchev–Trinajstić information content (AvgIpc) is 2.79. The number of nitrogens with one attached hydrogen (secondary N) is 3. The van der Waals surface area contributed by atoms with Gasteiger partial charge in [-0.15, -0.1) is 0 Å². The van der Waals surface area contributed by atoms with E-state index in [-0.39, 0.29) is 24.4 Å². The van der Waals surface area contributed by atoms with E-state index in [1.807, 2.05) is 19.2 Å². The fraction of sp³-hybridized carbons (Fsp3) is 0.286. The van der Waals surface area contributed by atoms with Crippen LogP contribution in [0.5, 0.6) is 0 Å². The van der Waals surface area contributed by atoms with Crippen molar-refractivity contribution in [1.29, 1.82) is 0 Å². The summed E-state index contributed by atoms with van der Waals surface area (Å²) >= 11 is 0. The van der Waals surface area contributed by atoms with Crippen LogP contribution in [0.3, 0.4) is 0 Å². The number of sulfonamides is 1. The summed E-state index contributed by atoms with van der Waals surface area (Å²) in [5.74, 6) is -1.29. The lowest BCUT2D eigenvalue weighted by molar-refractivity contribution is -0.125. The molecule has 0 saturated heterocycles. The van der Waals surface area contributed by atoms with Gasteiger partial charge >= 0.3 is 0 Å². The van der Waals surface area contributed by atoms with Gasteiger partial charge in [0.2, 0.25) is 10.0 Å². The number of likely N-dealkylation sites (N-methyl/N-ethyl adjacent to an activating group) is 1. The standard InChI is InChI=1S/C21H25FN4O4S/c1-23-10-11-24-17-4-2-15(3-5-17)19-7-6-18(14-20(19)22)31(29,30)26-12-8-16(9-13-26)21(27)25-28/h2-8,14,23-24,28H,9-13H2,1H3,(H,25,27). The molecule has 1 aliphatic heterocycles. The molecular weight excluding hydrogens is 423 g/mol. The molecule has 0 bridgehead atoms. The van der Waals surface area contributed by atoms with E-state index in [2.05, 4.69) is 10.6 Å². The highest BCUT2D eigenvalue weighted by Gasteiger charge is 2.28. The quantitative estimate of drug-likeness (QED) is 0.279. The molecule has 8 nitrogen and oxygen atoms in total. The summed E-state index contributed by atoms with van der Waals surface area (Å²) in [7, 11) is -2.05. The molecule has 0 fully saturated rings. The van der Waals surface area contributed by atoms with Crippen molar-refractivity contribution in [3.63, 3.8) is 0 Å². The van der Waals surface area contributed by atoms with E-state index >= 15 is 0 Å². The van der Waals surface area contributed by atoms with Crippen LogP contribution in [0.1, 0.15) is 6.42 Å². The molecule has 2 aromatic rings. The monoisotopic (exact) mass is 448 g/mol. The minimum atomic E-state index is -3.92. The molecule has 1 heterocycles. The first-order valence-corrected chi connectivity index (χ1v) is 11.2. The molecule has 0 saturated carbocycles. The van der Waals surface area contributed by atoms with E-state index in [9.17, 15) is 17.6 Å². The first-order chi connectivity index (χ1) is 14.9. The number of rotatable bonds is 8. The topological polar surface area (TPSA) is 111 Å². The zero-order chi connectivity index (χ0) is 22.4. The Labute approximate surface area is 180 Å². The number of anilines is 1. The molecule has 0 radical (unpaired) electrons. The van der Waals surface area contributed by atoms with E-state index in [0.717, 1.165) is 24.8 Å². The van der Waals surface area contributed by atoms with Crippen molar-refractivity contribution in [3.8, 4) is 11.1 Å². The predicted molar refractivity (Wildman–Crippen MR) is 116 cm³/mol. The fourth-order valence-electron chi connectivity index (χ4n) is 3.29. The molecule has 4 N–H and O–H groups in total. The predicted octanol–water partition coefficient (Wildman–Crippen LogP) is 1.95. The number of carbonyl (C=O) groups is 1. The number of benzene rings is 2. The smallest absolute Gasteiger partial charge is 0.270 e. The third-order valence-corrected chi connectivity index (χ3v) is 6.90. The number of hydrogen-bond acceptors (Lipinski definition) is 6. The van der Waals surface area contributed by atoms with Crippen molar-refractivity contribution in [2.45, 2.75) is 11.3 Å². The maximum atomic E-state index is 14.8. The minimum absolute atomic E-state index is 0.0313. The molecule has 0 aliphatic carbocycles. The summed E-state index contributed by atoms with van der Waals surface area (Å²) in [5.41, 5.74) is 3.69. The first-order valence-electron chi connectivity index (χ1n) is 9.79. The lowest BCUT2D eigenvalue weighted by Crippen LogP contribution is -2.37. The lowest BCUT2D eigenvalue weighted by atomic mass is 10.0. The fourth-order valence-corrected chi connectivity index (χ4v) is 4.68. The second kappa shape index (κ2) is 10.0. The van der Waals surface area contributed by atoms with Crippen molar-refractivity contribution in [2.75, 3.05) is 38.5 Å². The molecule has 31 heavy (non-hydrogen) atoms. The van der Waals surface area contributed by atoms with Gasteiger partial charge in [-0.1, -0.05) is 24.3 Å². The first kappa shape index (κ1) is 22.9. The molecule has 0 atom stereocenters. The lowest BCUT2D eigenvalue weighted by Gasteiger charge is -2.25. The summed E-state index contributed by atoms with van der Waals surface area (Å²) in [6.07, 6.45) is 1.59. The second-order valence-electron chi connectivity index (χ2n) is 7.03. The Kier molecular flexibility index (Phi) is 7.39. The van der Waals surface area contributed by atoms with E-state index in [4.69, 9.17) is 5.21 Å². The van der Waals surface area contributed by atoms with Crippen LogP contribution in [0.25, 0.3) is 11.1 Å². The molecular formula is C21H25FN4O4S. The number of amides is 1. The molecule has 0 unspecified atom stereocenters. The summed E-state index contributed by atoms with van der Waals surface area (Å²) in [4.78, 5) is 11.3. The molecule has 10 heteroatoms. The zero-order valence-electron chi connectivity index (χ0n) is 17.1. The van der Waals surface area contributed by atoms with E-state index in [0.29, 0.717) is 16.7 Å². The number of carbonyl (C=O) groups excluding carboxylic acids is 1. The van der Waals surface area contributed by atoms with Gasteiger partial charge in [-0.2, -0.15) is 4.31 Å². The van der Waals surface area contributed by atoms with Crippen LogP contribution in [0.4, 0.5) is 10.1 Å². The summed E-state index contributed by atoms with van der Waals surface area (Å²) in [6.45, 7) is 1.60. The van der Waals surface area contributed by atoms with Crippen molar-refractivity contribution in [3.05, 3.63) is 59.9 Å². The van der Waals surface area contributed by atoms with Crippen molar-refractivity contribution in [2.24, 2.45) is 0 Å². The van der Waals surface area contributed by atoms with E-state index in [1.165, 1.54) is 28.0 Å². The summed E-state index contributed by atoms with van der Waals surface area (Å²) < 4.78 is 41.7. The van der Waals surface area contributed by atoms with E-state index < -0.39 is 21.7 Å². The Morgan fingerprint density at radius 3 is 2.48 bits per heavy atom. The minimum Gasteiger partial charge on any atom is -0.384 e. The Balaban J connectivity index is 1.76. The molecule has 1 aliphatic rings. The van der Waals surface area contributed by atoms with Gasteiger partial charge in [-0.25, -0.2) is 18.3 Å². The van der Waals surface area contributed by atoms with Crippen LogP contribution >= 0.6 is 0 Å². The Hall–Kier alpha value is -2.79. The van der Waals surface area contributed by atoms with Gasteiger partial charge in [0.15, 0.2) is 0 Å². The van der Waals surface area contributed by atoms with Crippen molar-refractivity contribution >= 4 is 21.6 Å². The van der Waals surface area contributed by atoms with Crippen LogP contribution < -0.4 is 16.1 Å². The second-order valence-corrected chi connectivity index (χ2v) is 8.97. The van der Waals surface area contributed by atoms with Gasteiger partial charge in [0, 0.05) is 43.0 Å². The van der Waals surface area contributed by atoms with Crippen LogP contribution in [0.15, 0.2) is 59.0 Å². The Morgan fingerprint density at radius 2 is 1.90 bits per heavy atom. The Morgan fingerprint density at radius 1 is 1.16 bits per heavy atom. The van der Waals surface area contributed by atoms with Crippen molar-refractivity contribution < 1.29 is 22.8 Å². The number of halogens is 1. The zero-order valence-corrected chi connectivity index (χ0v) is 17.9. The van der Waals surface area contributed by atoms with Crippen LogP contribution in [-0.2, 0) is 14.8 Å². The number of hydroxylamine groups is 1. The largest absolute Gasteiger partial charge is 0.384 e. The van der Waals surface area contributed by atoms with Crippen LogP contribution in [-0.4, -0.2) is 57.1 Å². The summed E-state index contributed by atoms with van der Waals surface area (Å²) in [6, 6.07) is 11.1. The Bertz CT molecular complexity index is 1070. The van der Waals surface area contributed by atoms with Gasteiger partial charge in [-0.05, 0) is 43.3 Å². The average molecular weight is 449 g/mol. The maximum absolute atomic E-state index is 14.8. The SMILES string of the molecule is CNCCNc1ccc(-c2ccc(S(=O)(=O)N3CC=C(C(=O)NO)CC3)cc2F)cc1. The van der Waals surface area contributed by atoms with Crippen LogP contribution in [0.2, 0.25) is 0 Å². The van der Waals surface area contributed by atoms with Gasteiger partial charge in [0.25, 0.3) is 5.91 Å². The van der Waals surface area contributed by atoms with Crippen molar-refractivity contribution in [1.82, 2.24) is 15.1 Å². The molecule has 166 valence electrons. The number of nitrogens with zero attached hydrogens (tertiary/aromatic N) is 1. The molecule has 0 aromatic heterocycles. The highest BCUT2D eigenvalue weighted by atomic mass is 32.2. The molecule has 1 amide bonds. The maximum Gasteiger partial charge on any atom is 0.270 e. The highest BCUT2D eigenvalue weighted by Crippen LogP contribution is 2.28. The van der Waals surface area contributed by atoms with Gasteiger partial charge in [0.05, 0.1) is 4.90 Å².